The second kappa shape index (κ2) is 10.1. The first-order valence-electron chi connectivity index (χ1n) is 8.91. The number of esters is 1. The molecule has 0 radical (unpaired) electrons. The maximum absolute atomic E-state index is 12.3. The number of thioether (sulfide) groups is 1. The Kier molecular flexibility index (Phi) is 7.31. The van der Waals surface area contributed by atoms with Gasteiger partial charge in [0.2, 0.25) is 5.91 Å². The molecule has 2 heterocycles. The first kappa shape index (κ1) is 20.9. The van der Waals surface area contributed by atoms with E-state index in [0.717, 1.165) is 27.6 Å². The molecule has 1 amide bonds. The number of aromatic nitrogens is 3. The molecule has 0 atom stereocenters. The van der Waals surface area contributed by atoms with Gasteiger partial charge in [0.1, 0.15) is 17.8 Å². The number of rotatable bonds is 8. The van der Waals surface area contributed by atoms with E-state index in [9.17, 15) is 9.59 Å². The van der Waals surface area contributed by atoms with Crippen LogP contribution >= 0.6 is 23.1 Å². The molecule has 0 unspecified atom stereocenters. The molecule has 150 valence electrons. The Labute approximate surface area is 177 Å². The molecule has 0 aliphatic heterocycles. The number of hydrogen-bond donors (Lipinski definition) is 1. The fraction of sp³-hybridized carbons (Fsp3) is 0.250. The van der Waals surface area contributed by atoms with E-state index in [0.29, 0.717) is 27.9 Å². The lowest BCUT2D eigenvalue weighted by molar-refractivity contribution is -0.115. The van der Waals surface area contributed by atoms with Gasteiger partial charge in [-0.25, -0.2) is 19.7 Å². The lowest BCUT2D eigenvalue weighted by Gasteiger charge is -2.03. The maximum atomic E-state index is 12.3. The van der Waals surface area contributed by atoms with Crippen molar-refractivity contribution in [1.82, 2.24) is 15.0 Å². The predicted octanol–water partition coefficient (Wildman–Crippen LogP) is 4.03. The highest BCUT2D eigenvalue weighted by Crippen LogP contribution is 2.24. The van der Waals surface area contributed by atoms with Crippen LogP contribution in [0.1, 0.15) is 33.0 Å². The average molecular weight is 429 g/mol. The number of thiazole rings is 1. The van der Waals surface area contributed by atoms with Crippen LogP contribution in [-0.4, -0.2) is 32.6 Å². The van der Waals surface area contributed by atoms with Crippen molar-refractivity contribution in [2.75, 3.05) is 11.1 Å². The van der Waals surface area contributed by atoms with Gasteiger partial charge < -0.3 is 10.1 Å². The van der Waals surface area contributed by atoms with Gasteiger partial charge in [0, 0.05) is 17.9 Å². The van der Waals surface area contributed by atoms with Crippen LogP contribution in [0.2, 0.25) is 0 Å². The second-order valence-corrected chi connectivity index (χ2v) is 8.25. The average Bonchev–Trinajstić information content (AvgIpc) is 3.07. The molecule has 2 aromatic heterocycles. The third-order valence-electron chi connectivity index (χ3n) is 3.80. The van der Waals surface area contributed by atoms with E-state index in [4.69, 9.17) is 4.74 Å². The molecule has 3 rings (SSSR count). The van der Waals surface area contributed by atoms with Crippen molar-refractivity contribution in [3.05, 3.63) is 64.6 Å². The number of hydrogen-bond acceptors (Lipinski definition) is 8. The van der Waals surface area contributed by atoms with Crippen LogP contribution in [0.25, 0.3) is 0 Å². The van der Waals surface area contributed by atoms with Crippen LogP contribution in [0.4, 0.5) is 5.13 Å². The van der Waals surface area contributed by atoms with E-state index in [1.165, 1.54) is 18.1 Å². The van der Waals surface area contributed by atoms with Crippen LogP contribution in [-0.2, 0) is 16.1 Å². The van der Waals surface area contributed by atoms with Gasteiger partial charge in [-0.3, -0.25) is 4.79 Å². The van der Waals surface area contributed by atoms with Crippen molar-refractivity contribution in [1.29, 1.82) is 0 Å². The number of amides is 1. The van der Waals surface area contributed by atoms with Crippen molar-refractivity contribution in [2.24, 2.45) is 0 Å². The molecular formula is C20H20N4O3S2. The third kappa shape index (κ3) is 6.37. The standard InChI is InChI=1S/C20H20N4O3S2/c1-13-10-17(22-12-21-13)28-9-8-16(25)24-20-23-14(2)18(29-20)19(26)27-11-15-6-4-3-5-7-15/h3-7,10,12H,8-9,11H2,1-2H3,(H,23,24,25). The van der Waals surface area contributed by atoms with Crippen LogP contribution in [0.15, 0.2) is 47.8 Å². The number of nitrogens with one attached hydrogen (secondary N) is 1. The molecule has 0 bridgehead atoms. The van der Waals surface area contributed by atoms with E-state index >= 15 is 0 Å². The van der Waals surface area contributed by atoms with Crippen LogP contribution in [0, 0.1) is 13.8 Å². The summed E-state index contributed by atoms with van der Waals surface area (Å²) in [7, 11) is 0. The first-order chi connectivity index (χ1) is 14.0. The lowest BCUT2D eigenvalue weighted by atomic mass is 10.2. The fourth-order valence-electron chi connectivity index (χ4n) is 2.37. The minimum atomic E-state index is -0.445. The SMILES string of the molecule is Cc1cc(SCCC(=O)Nc2nc(C)c(C(=O)OCc3ccccc3)s2)ncn1. The zero-order valence-corrected chi connectivity index (χ0v) is 17.7. The van der Waals surface area contributed by atoms with Gasteiger partial charge in [-0.05, 0) is 25.5 Å². The zero-order valence-electron chi connectivity index (χ0n) is 16.0. The number of carbonyl (C=O) groups is 2. The molecule has 1 N–H and O–H groups in total. The molecule has 0 saturated carbocycles. The molecule has 0 spiro atoms. The molecule has 7 nitrogen and oxygen atoms in total. The quantitative estimate of drug-likeness (QED) is 0.329. The summed E-state index contributed by atoms with van der Waals surface area (Å²) < 4.78 is 5.34. The smallest absolute Gasteiger partial charge is 0.350 e. The highest BCUT2D eigenvalue weighted by Gasteiger charge is 2.18. The molecule has 0 aliphatic carbocycles. The number of anilines is 1. The van der Waals surface area contributed by atoms with Gasteiger partial charge >= 0.3 is 5.97 Å². The number of ether oxygens (including phenoxy) is 1. The Balaban J connectivity index is 1.48. The Hall–Kier alpha value is -2.78. The Morgan fingerprint density at radius 1 is 1.17 bits per heavy atom. The highest BCUT2D eigenvalue weighted by atomic mass is 32.2. The monoisotopic (exact) mass is 428 g/mol. The molecule has 1 aromatic carbocycles. The Bertz CT molecular complexity index is 992. The van der Waals surface area contributed by atoms with Gasteiger partial charge in [0.15, 0.2) is 5.13 Å². The summed E-state index contributed by atoms with van der Waals surface area (Å²) in [6, 6.07) is 11.3. The molecule has 9 heteroatoms. The van der Waals surface area contributed by atoms with Crippen molar-refractivity contribution in [3.8, 4) is 0 Å². The van der Waals surface area contributed by atoms with E-state index in [1.54, 1.807) is 6.92 Å². The number of nitrogens with zero attached hydrogens (tertiary/aromatic N) is 3. The van der Waals surface area contributed by atoms with Gasteiger partial charge in [0.05, 0.1) is 10.7 Å². The molecule has 0 saturated heterocycles. The van der Waals surface area contributed by atoms with Gasteiger partial charge in [-0.2, -0.15) is 0 Å². The normalized spacial score (nSPS) is 10.6. The minimum Gasteiger partial charge on any atom is -0.457 e. The van der Waals surface area contributed by atoms with Crippen molar-refractivity contribution >= 4 is 40.1 Å². The second-order valence-electron chi connectivity index (χ2n) is 6.14. The van der Waals surface area contributed by atoms with Gasteiger partial charge in [-0.1, -0.05) is 41.7 Å². The minimum absolute atomic E-state index is 0.166. The number of carbonyl (C=O) groups excluding carboxylic acids is 2. The molecule has 0 aliphatic rings. The summed E-state index contributed by atoms with van der Waals surface area (Å²) in [5.41, 5.74) is 2.33. The Morgan fingerprint density at radius 3 is 2.72 bits per heavy atom. The molecular weight excluding hydrogens is 408 g/mol. The number of aryl methyl sites for hydroxylation is 2. The van der Waals surface area contributed by atoms with E-state index in [2.05, 4.69) is 20.3 Å². The summed E-state index contributed by atoms with van der Waals surface area (Å²) in [6.45, 7) is 3.81. The number of benzene rings is 1. The van der Waals surface area contributed by atoms with Crippen molar-refractivity contribution < 1.29 is 14.3 Å². The predicted molar refractivity (Wildman–Crippen MR) is 113 cm³/mol. The van der Waals surface area contributed by atoms with Crippen molar-refractivity contribution in [2.45, 2.75) is 31.9 Å². The molecule has 3 aromatic rings. The summed E-state index contributed by atoms with van der Waals surface area (Å²) in [6.07, 6.45) is 1.81. The third-order valence-corrected chi connectivity index (χ3v) is 5.78. The van der Waals surface area contributed by atoms with Crippen LogP contribution in [0.3, 0.4) is 0 Å². The summed E-state index contributed by atoms with van der Waals surface area (Å²) >= 11 is 2.61. The summed E-state index contributed by atoms with van der Waals surface area (Å²) in [4.78, 5) is 37.3. The van der Waals surface area contributed by atoms with E-state index in [1.807, 2.05) is 43.3 Å². The van der Waals surface area contributed by atoms with Gasteiger partial charge in [0.25, 0.3) is 0 Å². The van der Waals surface area contributed by atoms with Crippen LogP contribution < -0.4 is 5.32 Å². The van der Waals surface area contributed by atoms with Crippen molar-refractivity contribution in [3.63, 3.8) is 0 Å². The topological polar surface area (TPSA) is 94.1 Å². The highest BCUT2D eigenvalue weighted by molar-refractivity contribution is 7.99. The van der Waals surface area contributed by atoms with E-state index in [-0.39, 0.29) is 12.5 Å². The molecule has 29 heavy (non-hydrogen) atoms. The van der Waals surface area contributed by atoms with Crippen LogP contribution in [0.5, 0.6) is 0 Å². The Morgan fingerprint density at radius 2 is 1.97 bits per heavy atom. The van der Waals surface area contributed by atoms with Gasteiger partial charge in [-0.15, -0.1) is 11.8 Å². The summed E-state index contributed by atoms with van der Waals surface area (Å²) in [5.74, 6) is -0.0289. The zero-order chi connectivity index (χ0) is 20.6. The fourth-order valence-corrected chi connectivity index (χ4v) is 4.12. The summed E-state index contributed by atoms with van der Waals surface area (Å²) in [5, 5.41) is 3.97. The van der Waals surface area contributed by atoms with E-state index < -0.39 is 5.97 Å². The lowest BCUT2D eigenvalue weighted by Crippen LogP contribution is -2.12. The largest absolute Gasteiger partial charge is 0.457 e. The maximum Gasteiger partial charge on any atom is 0.350 e. The first-order valence-corrected chi connectivity index (χ1v) is 10.7. The molecule has 0 fully saturated rings.